The van der Waals surface area contributed by atoms with Crippen molar-refractivity contribution in [1.82, 2.24) is 0 Å². The predicted molar refractivity (Wildman–Crippen MR) is 243 cm³/mol. The van der Waals surface area contributed by atoms with Crippen LogP contribution in [0.15, 0.2) is 186 Å². The number of rotatable bonds is 2. The lowest BCUT2D eigenvalue weighted by Crippen LogP contribution is -1.85. The monoisotopic (exact) mass is 726 g/mol. The van der Waals surface area contributed by atoms with Gasteiger partial charge in [-0.1, -0.05) is 121 Å². The van der Waals surface area contributed by atoms with Gasteiger partial charge in [-0.05, 0) is 148 Å². The molecule has 0 aliphatic carbocycles. The Labute approximate surface area is 325 Å². The molecule has 2 heteroatoms. The standard InChI is InChI=1S/C54H30OS/c1-2-9-34-28-51-47(25-33(34)8-1)48-29-45-41-12-6-5-11-40(41)44-24-36(17-20-42(44)46(45)30-52(48)55-51)38-19-22-54-50(27-38)49-26-37(18-21-53(49)56-54)35-16-15-32-14-13-31-7-3-4-10-39(31)43(32)23-35/h1-30H. The largest absolute Gasteiger partial charge is 0.456 e. The Morgan fingerprint density at radius 1 is 0.250 bits per heavy atom. The van der Waals surface area contributed by atoms with Crippen LogP contribution in [0, 0.1) is 0 Å². The second kappa shape index (κ2) is 11.3. The van der Waals surface area contributed by atoms with E-state index >= 15 is 0 Å². The lowest BCUT2D eigenvalue weighted by Gasteiger charge is -2.12. The van der Waals surface area contributed by atoms with Crippen molar-refractivity contribution in [2.45, 2.75) is 0 Å². The number of benzene rings is 11. The van der Waals surface area contributed by atoms with Crippen LogP contribution in [-0.2, 0) is 0 Å². The molecular formula is C54H30OS. The molecule has 0 radical (unpaired) electrons. The molecule has 13 rings (SSSR count). The first-order chi connectivity index (χ1) is 27.7. The molecule has 0 spiro atoms. The second-order valence-corrected chi connectivity index (χ2v) is 16.3. The van der Waals surface area contributed by atoms with Crippen molar-refractivity contribution in [2.75, 3.05) is 0 Å². The molecule has 0 fully saturated rings. The third kappa shape index (κ3) is 4.36. The van der Waals surface area contributed by atoms with Gasteiger partial charge in [-0.3, -0.25) is 0 Å². The van der Waals surface area contributed by atoms with Crippen LogP contribution in [0.25, 0.3) is 129 Å². The van der Waals surface area contributed by atoms with Crippen molar-refractivity contribution >= 4 is 118 Å². The molecule has 0 atom stereocenters. The van der Waals surface area contributed by atoms with Gasteiger partial charge in [0.2, 0.25) is 0 Å². The first kappa shape index (κ1) is 30.3. The van der Waals surface area contributed by atoms with E-state index in [9.17, 15) is 0 Å². The maximum absolute atomic E-state index is 6.56. The Morgan fingerprint density at radius 2 is 0.696 bits per heavy atom. The van der Waals surface area contributed by atoms with Crippen LogP contribution < -0.4 is 0 Å². The van der Waals surface area contributed by atoms with E-state index in [0.717, 1.165) is 21.9 Å². The Hall–Kier alpha value is -7.00. The van der Waals surface area contributed by atoms with E-state index in [-0.39, 0.29) is 0 Å². The van der Waals surface area contributed by atoms with Gasteiger partial charge in [-0.15, -0.1) is 11.3 Å². The molecule has 0 N–H and O–H groups in total. The van der Waals surface area contributed by atoms with Gasteiger partial charge in [0.05, 0.1) is 0 Å². The van der Waals surface area contributed by atoms with Gasteiger partial charge in [0.15, 0.2) is 0 Å². The van der Waals surface area contributed by atoms with Crippen LogP contribution in [-0.4, -0.2) is 0 Å². The molecule has 1 nitrogen and oxygen atoms in total. The molecule has 0 saturated carbocycles. The van der Waals surface area contributed by atoms with Crippen LogP contribution in [0.5, 0.6) is 0 Å². The fraction of sp³-hybridized carbons (Fsp3) is 0. The van der Waals surface area contributed by atoms with Gasteiger partial charge < -0.3 is 4.42 Å². The Kier molecular flexibility index (Phi) is 6.11. The highest BCUT2D eigenvalue weighted by atomic mass is 32.1. The van der Waals surface area contributed by atoms with E-state index < -0.39 is 0 Å². The topological polar surface area (TPSA) is 13.1 Å². The van der Waals surface area contributed by atoms with Gasteiger partial charge in [0.1, 0.15) is 11.2 Å². The quantitative estimate of drug-likeness (QED) is 0.162. The van der Waals surface area contributed by atoms with E-state index in [0.29, 0.717) is 0 Å². The van der Waals surface area contributed by atoms with Gasteiger partial charge in [-0.2, -0.15) is 0 Å². The first-order valence-corrected chi connectivity index (χ1v) is 20.0. The van der Waals surface area contributed by atoms with Crippen molar-refractivity contribution < 1.29 is 4.42 Å². The van der Waals surface area contributed by atoms with Crippen molar-refractivity contribution in [2.24, 2.45) is 0 Å². The lowest BCUT2D eigenvalue weighted by atomic mass is 9.91. The molecule has 0 aliphatic heterocycles. The van der Waals surface area contributed by atoms with E-state index in [1.165, 1.54) is 107 Å². The minimum atomic E-state index is 0.926. The van der Waals surface area contributed by atoms with Crippen molar-refractivity contribution in [1.29, 1.82) is 0 Å². The van der Waals surface area contributed by atoms with Crippen LogP contribution in [0.2, 0.25) is 0 Å². The maximum atomic E-state index is 6.56. The molecule has 2 heterocycles. The van der Waals surface area contributed by atoms with Crippen LogP contribution in [0.3, 0.4) is 0 Å². The average molecular weight is 727 g/mol. The fourth-order valence-corrected chi connectivity index (χ4v) is 10.5. The summed E-state index contributed by atoms with van der Waals surface area (Å²) in [6.07, 6.45) is 0. The zero-order valence-corrected chi connectivity index (χ0v) is 31.0. The highest BCUT2D eigenvalue weighted by Gasteiger charge is 2.16. The molecule has 258 valence electrons. The Bertz CT molecular complexity index is 3820. The smallest absolute Gasteiger partial charge is 0.136 e. The van der Waals surface area contributed by atoms with Crippen LogP contribution >= 0.6 is 11.3 Å². The maximum Gasteiger partial charge on any atom is 0.136 e. The van der Waals surface area contributed by atoms with Gasteiger partial charge >= 0.3 is 0 Å². The molecular weight excluding hydrogens is 697 g/mol. The summed E-state index contributed by atoms with van der Waals surface area (Å²) >= 11 is 1.87. The summed E-state index contributed by atoms with van der Waals surface area (Å²) in [5, 5.41) is 20.0. The molecule has 0 bridgehead atoms. The zero-order valence-electron chi connectivity index (χ0n) is 30.1. The van der Waals surface area contributed by atoms with Crippen LogP contribution in [0.4, 0.5) is 0 Å². The Morgan fingerprint density at radius 3 is 1.41 bits per heavy atom. The highest BCUT2D eigenvalue weighted by molar-refractivity contribution is 7.25. The summed E-state index contributed by atoms with van der Waals surface area (Å²) in [5.74, 6) is 0. The van der Waals surface area contributed by atoms with Crippen molar-refractivity contribution in [3.63, 3.8) is 0 Å². The zero-order chi connectivity index (χ0) is 36.5. The molecule has 0 unspecified atom stereocenters. The highest BCUT2D eigenvalue weighted by Crippen LogP contribution is 2.43. The molecule has 0 aliphatic rings. The first-order valence-electron chi connectivity index (χ1n) is 19.2. The number of thiophene rings is 1. The SMILES string of the molecule is c1ccc2cc3c(cc2c1)oc1cc2c4ccc(-c5ccc6sc7ccc(-c8ccc9ccc%10ccccc%10c9c8)cc7c6c5)cc4c4ccccc4c2cc13. The summed E-state index contributed by atoms with van der Waals surface area (Å²) in [6.45, 7) is 0. The summed E-state index contributed by atoms with van der Waals surface area (Å²) in [4.78, 5) is 0. The molecule has 0 amide bonds. The third-order valence-corrected chi connectivity index (χ3v) is 13.3. The number of hydrogen-bond donors (Lipinski definition) is 0. The molecule has 13 aromatic rings. The van der Waals surface area contributed by atoms with E-state index in [1.54, 1.807) is 0 Å². The predicted octanol–water partition coefficient (Wildman–Crippen LogP) is 16.2. The fourth-order valence-electron chi connectivity index (χ4n) is 9.41. The van der Waals surface area contributed by atoms with Crippen molar-refractivity contribution in [3.05, 3.63) is 182 Å². The second-order valence-electron chi connectivity index (χ2n) is 15.2. The normalized spacial score (nSPS) is 12.3. The van der Waals surface area contributed by atoms with Crippen molar-refractivity contribution in [3.8, 4) is 22.3 Å². The van der Waals surface area contributed by atoms with E-state index in [4.69, 9.17) is 4.42 Å². The minimum absolute atomic E-state index is 0.926. The van der Waals surface area contributed by atoms with E-state index in [1.807, 2.05) is 11.3 Å². The summed E-state index contributed by atoms with van der Waals surface area (Å²) in [5.41, 5.74) is 6.79. The summed E-state index contributed by atoms with van der Waals surface area (Å²) in [6, 6.07) is 67.5. The van der Waals surface area contributed by atoms with Crippen LogP contribution in [0.1, 0.15) is 0 Å². The number of hydrogen-bond acceptors (Lipinski definition) is 2. The molecule has 0 saturated heterocycles. The van der Waals surface area contributed by atoms with E-state index in [2.05, 4.69) is 182 Å². The summed E-state index contributed by atoms with van der Waals surface area (Å²) in [7, 11) is 0. The lowest BCUT2D eigenvalue weighted by molar-refractivity contribution is 0.670. The molecule has 2 aromatic heterocycles. The van der Waals surface area contributed by atoms with Gasteiger partial charge in [0, 0.05) is 30.9 Å². The minimum Gasteiger partial charge on any atom is -0.456 e. The Balaban J connectivity index is 0.974. The summed E-state index contributed by atoms with van der Waals surface area (Å²) < 4.78 is 9.19. The number of furan rings is 1. The third-order valence-electron chi connectivity index (χ3n) is 12.2. The van der Waals surface area contributed by atoms with Gasteiger partial charge in [-0.25, -0.2) is 0 Å². The average Bonchev–Trinajstić information content (AvgIpc) is 3.81. The van der Waals surface area contributed by atoms with Gasteiger partial charge in [0.25, 0.3) is 0 Å². The molecule has 56 heavy (non-hydrogen) atoms. The number of fused-ring (bicyclic) bond motifs is 16. The molecule has 11 aromatic carbocycles.